The van der Waals surface area contributed by atoms with Gasteiger partial charge in [0, 0.05) is 23.5 Å². The molecule has 2 heterocycles. The number of rotatable bonds is 14. The molecule has 1 aromatic heterocycles. The van der Waals surface area contributed by atoms with Crippen molar-refractivity contribution >= 4 is 22.8 Å². The van der Waals surface area contributed by atoms with Crippen molar-refractivity contribution in [1.82, 2.24) is 4.98 Å². The Kier molecular flexibility index (Phi) is 10.7. The maximum absolute atomic E-state index is 12.7. The number of unbranched alkanes of at least 4 members (excludes halogenated alkanes) is 4. The third kappa shape index (κ3) is 8.30. The van der Waals surface area contributed by atoms with E-state index < -0.39 is 42.6 Å². The van der Waals surface area contributed by atoms with E-state index in [-0.39, 0.29) is 18.9 Å². The highest BCUT2D eigenvalue weighted by Crippen LogP contribution is 2.27. The van der Waals surface area contributed by atoms with Gasteiger partial charge in [0.05, 0.1) is 30.3 Å². The molecule has 9 heteroatoms. The zero-order valence-electron chi connectivity index (χ0n) is 21.1. The van der Waals surface area contributed by atoms with E-state index in [9.17, 15) is 19.8 Å². The molecule has 6 unspecified atom stereocenters. The molecule has 36 heavy (non-hydrogen) atoms. The molecule has 1 aliphatic rings. The number of aromatic amines is 1. The fourth-order valence-electron chi connectivity index (χ4n) is 4.58. The Bertz CT molecular complexity index is 976. The number of esters is 1. The van der Waals surface area contributed by atoms with E-state index in [1.165, 1.54) is 0 Å². The summed E-state index contributed by atoms with van der Waals surface area (Å²) in [5.74, 6) is -1.43. The molecule has 3 rings (SSSR count). The molecule has 1 saturated heterocycles. The lowest BCUT2D eigenvalue weighted by molar-refractivity contribution is -0.273. The molecule has 200 valence electrons. The zero-order chi connectivity index (χ0) is 26.1. The predicted octanol–water partition coefficient (Wildman–Crippen LogP) is 4.16. The van der Waals surface area contributed by atoms with Crippen LogP contribution in [0.2, 0.25) is 0 Å². The average Bonchev–Trinajstić information content (AvgIpc) is 3.25. The maximum Gasteiger partial charge on any atom is 0.340 e. The molecule has 0 spiro atoms. The van der Waals surface area contributed by atoms with Crippen molar-refractivity contribution in [3.05, 3.63) is 36.0 Å². The number of hydrogen-bond donors (Lipinski definition) is 4. The van der Waals surface area contributed by atoms with Gasteiger partial charge in [-0.05, 0) is 32.8 Å². The van der Waals surface area contributed by atoms with E-state index in [4.69, 9.17) is 19.3 Å². The molecule has 1 aliphatic heterocycles. The molecular weight excluding hydrogens is 466 g/mol. The number of hydrogen-bond acceptors (Lipinski definition) is 7. The van der Waals surface area contributed by atoms with Crippen LogP contribution in [-0.2, 0) is 19.0 Å². The summed E-state index contributed by atoms with van der Waals surface area (Å²) in [5, 5.41) is 29.6. The molecule has 1 aromatic carbocycles. The molecule has 0 saturated carbocycles. The second-order valence-corrected chi connectivity index (χ2v) is 9.75. The third-order valence-corrected chi connectivity index (χ3v) is 6.65. The largest absolute Gasteiger partial charge is 0.481 e. The van der Waals surface area contributed by atoms with Gasteiger partial charge in [0.2, 0.25) is 0 Å². The second-order valence-electron chi connectivity index (χ2n) is 9.75. The van der Waals surface area contributed by atoms with Gasteiger partial charge >= 0.3 is 11.9 Å². The Hall–Kier alpha value is -2.46. The highest BCUT2D eigenvalue weighted by atomic mass is 16.7. The van der Waals surface area contributed by atoms with Crippen LogP contribution in [0.25, 0.3) is 10.9 Å². The SMILES string of the molecule is CC(CCCCCCCC(O)CC(=O)O)OC1OC(C)C(OC(=O)c2c[nH]c3ccccc23)CC1O. The molecule has 2 aromatic rings. The van der Waals surface area contributed by atoms with Gasteiger partial charge < -0.3 is 34.5 Å². The van der Waals surface area contributed by atoms with Gasteiger partial charge in [0.1, 0.15) is 12.2 Å². The highest BCUT2D eigenvalue weighted by molar-refractivity contribution is 6.04. The van der Waals surface area contributed by atoms with E-state index in [0.717, 1.165) is 49.4 Å². The molecular formula is C27H39NO8. The smallest absolute Gasteiger partial charge is 0.340 e. The van der Waals surface area contributed by atoms with Crippen LogP contribution >= 0.6 is 0 Å². The Morgan fingerprint density at radius 1 is 1.14 bits per heavy atom. The first kappa shape index (κ1) is 28.1. The summed E-state index contributed by atoms with van der Waals surface area (Å²) in [7, 11) is 0. The molecule has 6 atom stereocenters. The number of benzene rings is 1. The molecule has 9 nitrogen and oxygen atoms in total. The van der Waals surface area contributed by atoms with Crippen molar-refractivity contribution in [3.63, 3.8) is 0 Å². The van der Waals surface area contributed by atoms with Crippen molar-refractivity contribution in [2.45, 2.75) is 108 Å². The van der Waals surface area contributed by atoms with Crippen LogP contribution in [0.15, 0.2) is 30.5 Å². The number of fused-ring (bicyclic) bond motifs is 1. The predicted molar refractivity (Wildman–Crippen MR) is 134 cm³/mol. The lowest BCUT2D eigenvalue weighted by atomic mass is 10.0. The normalized spacial score (nSPS) is 23.9. The number of carboxylic acid groups (broad SMARTS) is 1. The van der Waals surface area contributed by atoms with Crippen LogP contribution in [0.3, 0.4) is 0 Å². The second kappa shape index (κ2) is 13.7. The van der Waals surface area contributed by atoms with Gasteiger partial charge in [-0.15, -0.1) is 0 Å². The Morgan fingerprint density at radius 2 is 1.83 bits per heavy atom. The maximum atomic E-state index is 12.7. The average molecular weight is 506 g/mol. The minimum Gasteiger partial charge on any atom is -0.481 e. The number of nitrogens with one attached hydrogen (secondary N) is 1. The number of para-hydroxylation sites is 1. The summed E-state index contributed by atoms with van der Waals surface area (Å²) in [6.45, 7) is 3.76. The Morgan fingerprint density at radius 3 is 2.58 bits per heavy atom. The Labute approximate surface area is 211 Å². The van der Waals surface area contributed by atoms with Crippen LogP contribution in [0.4, 0.5) is 0 Å². The van der Waals surface area contributed by atoms with E-state index in [1.807, 2.05) is 38.1 Å². The van der Waals surface area contributed by atoms with E-state index in [0.29, 0.717) is 12.0 Å². The number of aliphatic hydroxyl groups is 2. The van der Waals surface area contributed by atoms with E-state index >= 15 is 0 Å². The fourth-order valence-corrected chi connectivity index (χ4v) is 4.58. The van der Waals surface area contributed by atoms with Gasteiger partial charge in [-0.2, -0.15) is 0 Å². The fraction of sp³-hybridized carbons (Fsp3) is 0.630. The molecule has 4 N–H and O–H groups in total. The summed E-state index contributed by atoms with van der Waals surface area (Å²) in [6.07, 6.45) is 4.22. The topological polar surface area (TPSA) is 138 Å². The van der Waals surface area contributed by atoms with Crippen LogP contribution in [0.5, 0.6) is 0 Å². The first-order valence-electron chi connectivity index (χ1n) is 12.9. The number of aromatic nitrogens is 1. The first-order valence-corrected chi connectivity index (χ1v) is 12.9. The van der Waals surface area contributed by atoms with Gasteiger partial charge in [0.25, 0.3) is 0 Å². The summed E-state index contributed by atoms with van der Waals surface area (Å²) in [6, 6.07) is 7.50. The molecule has 0 aliphatic carbocycles. The van der Waals surface area contributed by atoms with E-state index in [2.05, 4.69) is 4.98 Å². The lowest BCUT2D eigenvalue weighted by Crippen LogP contribution is -2.49. The van der Waals surface area contributed by atoms with Crippen LogP contribution in [0.1, 0.15) is 82.0 Å². The van der Waals surface area contributed by atoms with Gasteiger partial charge in [-0.3, -0.25) is 4.79 Å². The van der Waals surface area contributed by atoms with Crippen molar-refractivity contribution < 1.29 is 39.1 Å². The standard InChI is InChI=1S/C27H39NO8/c1-17(10-6-4-3-5-7-11-19(29)14-25(31)32)34-27-23(30)15-24(18(2)35-27)36-26(33)21-16-28-22-13-9-8-12-20(21)22/h8-9,12-13,16-19,23-24,27-30H,3-7,10-11,14-15H2,1-2H3,(H,31,32). The summed E-state index contributed by atoms with van der Waals surface area (Å²) in [5.41, 5.74) is 1.31. The van der Waals surface area contributed by atoms with Gasteiger partial charge in [0.15, 0.2) is 6.29 Å². The molecule has 0 radical (unpaired) electrons. The molecule has 0 bridgehead atoms. The molecule has 1 fully saturated rings. The van der Waals surface area contributed by atoms with Crippen LogP contribution < -0.4 is 0 Å². The van der Waals surface area contributed by atoms with Crippen molar-refractivity contribution in [1.29, 1.82) is 0 Å². The summed E-state index contributed by atoms with van der Waals surface area (Å²) >= 11 is 0. The summed E-state index contributed by atoms with van der Waals surface area (Å²) in [4.78, 5) is 26.4. The van der Waals surface area contributed by atoms with Gasteiger partial charge in [-0.25, -0.2) is 4.79 Å². The number of carbonyl (C=O) groups excluding carboxylic acids is 1. The number of carboxylic acids is 1. The van der Waals surface area contributed by atoms with Crippen LogP contribution in [-0.4, -0.2) is 69.1 Å². The number of aliphatic carboxylic acids is 1. The lowest BCUT2D eigenvalue weighted by Gasteiger charge is -2.38. The highest BCUT2D eigenvalue weighted by Gasteiger charge is 2.38. The van der Waals surface area contributed by atoms with Gasteiger partial charge in [-0.1, -0.05) is 50.3 Å². The summed E-state index contributed by atoms with van der Waals surface area (Å²) < 4.78 is 17.5. The quantitative estimate of drug-likeness (QED) is 0.222. The minimum atomic E-state index is -0.972. The number of carbonyl (C=O) groups is 2. The van der Waals surface area contributed by atoms with E-state index in [1.54, 1.807) is 6.20 Å². The first-order chi connectivity index (χ1) is 17.2. The zero-order valence-corrected chi connectivity index (χ0v) is 21.1. The number of H-pyrrole nitrogens is 1. The van der Waals surface area contributed by atoms with Crippen molar-refractivity contribution in [3.8, 4) is 0 Å². The number of aliphatic hydroxyl groups excluding tert-OH is 2. The Balaban J connectivity index is 1.34. The monoisotopic (exact) mass is 505 g/mol. The number of ether oxygens (including phenoxy) is 3. The van der Waals surface area contributed by atoms with Crippen LogP contribution in [0, 0.1) is 0 Å². The minimum absolute atomic E-state index is 0.0976. The van der Waals surface area contributed by atoms with Crippen molar-refractivity contribution in [2.75, 3.05) is 0 Å². The third-order valence-electron chi connectivity index (χ3n) is 6.65. The van der Waals surface area contributed by atoms with Crippen molar-refractivity contribution in [2.24, 2.45) is 0 Å². The molecule has 0 amide bonds.